The molecule has 9 heteroatoms. The number of amides is 2. The Balaban J connectivity index is 1.61. The van der Waals surface area contributed by atoms with E-state index < -0.39 is 10.0 Å². The van der Waals surface area contributed by atoms with Crippen LogP contribution in [0.25, 0.3) is 0 Å². The van der Waals surface area contributed by atoms with Gasteiger partial charge < -0.3 is 15.1 Å². The van der Waals surface area contributed by atoms with Gasteiger partial charge in [0.15, 0.2) is 5.76 Å². The van der Waals surface area contributed by atoms with Gasteiger partial charge in [-0.2, -0.15) is 4.31 Å². The maximum atomic E-state index is 12.9. The lowest BCUT2D eigenvalue weighted by Crippen LogP contribution is -2.36. The fourth-order valence-corrected chi connectivity index (χ4v) is 4.75. The topological polar surface area (TPSA) is 109 Å². The number of nitrogens with one attached hydrogen (secondary N) is 2. The molecular formula is C20H25N3O5S. The Morgan fingerprint density at radius 3 is 2.38 bits per heavy atom. The average Bonchev–Trinajstić information content (AvgIpc) is 3.27. The van der Waals surface area contributed by atoms with Crippen molar-refractivity contribution in [2.45, 2.75) is 31.1 Å². The SMILES string of the molecule is Cc1ccc(S(=O)(=O)N2CCCCC2)cc1C(=O)NCCNC(=O)c1ccco1. The van der Waals surface area contributed by atoms with Crippen molar-refractivity contribution < 1.29 is 22.4 Å². The number of carbonyl (C=O) groups is 2. The van der Waals surface area contributed by atoms with Crippen LogP contribution in [0, 0.1) is 6.92 Å². The van der Waals surface area contributed by atoms with Crippen LogP contribution < -0.4 is 10.6 Å². The third kappa shape index (κ3) is 5.04. The number of rotatable bonds is 7. The highest BCUT2D eigenvalue weighted by Gasteiger charge is 2.27. The van der Waals surface area contributed by atoms with Crippen LogP contribution in [0.4, 0.5) is 0 Å². The molecular weight excluding hydrogens is 394 g/mol. The molecule has 0 unspecified atom stereocenters. The van der Waals surface area contributed by atoms with E-state index in [1.54, 1.807) is 31.2 Å². The van der Waals surface area contributed by atoms with Crippen LogP contribution in [0.15, 0.2) is 45.9 Å². The first kappa shape index (κ1) is 21.1. The van der Waals surface area contributed by atoms with Crippen LogP contribution in [-0.2, 0) is 10.0 Å². The highest BCUT2D eigenvalue weighted by atomic mass is 32.2. The van der Waals surface area contributed by atoms with Crippen molar-refractivity contribution >= 4 is 21.8 Å². The van der Waals surface area contributed by atoms with E-state index in [0.717, 1.165) is 19.3 Å². The van der Waals surface area contributed by atoms with Crippen molar-refractivity contribution in [1.82, 2.24) is 14.9 Å². The van der Waals surface area contributed by atoms with Crippen LogP contribution in [0.3, 0.4) is 0 Å². The van der Waals surface area contributed by atoms with E-state index in [4.69, 9.17) is 4.42 Å². The number of piperidine rings is 1. The molecule has 2 heterocycles. The van der Waals surface area contributed by atoms with Crippen molar-refractivity contribution in [2.24, 2.45) is 0 Å². The minimum absolute atomic E-state index is 0.126. The van der Waals surface area contributed by atoms with Crippen LogP contribution >= 0.6 is 0 Å². The molecule has 156 valence electrons. The molecule has 1 aromatic heterocycles. The van der Waals surface area contributed by atoms with Gasteiger partial charge in [-0.25, -0.2) is 8.42 Å². The summed E-state index contributed by atoms with van der Waals surface area (Å²) in [5.74, 6) is -0.553. The second-order valence-electron chi connectivity index (χ2n) is 6.93. The number of sulfonamides is 1. The van der Waals surface area contributed by atoms with Gasteiger partial charge in [0, 0.05) is 31.7 Å². The van der Waals surface area contributed by atoms with Gasteiger partial charge in [-0.05, 0) is 49.6 Å². The van der Waals surface area contributed by atoms with E-state index in [2.05, 4.69) is 10.6 Å². The van der Waals surface area contributed by atoms with E-state index in [1.807, 2.05) is 0 Å². The second-order valence-corrected chi connectivity index (χ2v) is 8.87. The molecule has 2 N–H and O–H groups in total. The minimum atomic E-state index is -3.61. The maximum Gasteiger partial charge on any atom is 0.287 e. The van der Waals surface area contributed by atoms with E-state index in [9.17, 15) is 18.0 Å². The van der Waals surface area contributed by atoms with E-state index in [-0.39, 0.29) is 35.6 Å². The Morgan fingerprint density at radius 2 is 1.72 bits per heavy atom. The van der Waals surface area contributed by atoms with Gasteiger partial charge >= 0.3 is 0 Å². The van der Waals surface area contributed by atoms with Crippen molar-refractivity contribution in [3.8, 4) is 0 Å². The highest BCUT2D eigenvalue weighted by Crippen LogP contribution is 2.22. The summed E-state index contributed by atoms with van der Waals surface area (Å²) in [6.07, 6.45) is 4.14. The van der Waals surface area contributed by atoms with Crippen molar-refractivity contribution in [3.63, 3.8) is 0 Å². The Labute approximate surface area is 170 Å². The molecule has 2 amide bonds. The van der Waals surface area contributed by atoms with Crippen LogP contribution in [0.2, 0.25) is 0 Å². The van der Waals surface area contributed by atoms with Crippen LogP contribution in [-0.4, -0.2) is 50.7 Å². The molecule has 1 aliphatic rings. The lowest BCUT2D eigenvalue weighted by molar-refractivity contribution is 0.0910. The normalized spacial score (nSPS) is 15.1. The predicted molar refractivity (Wildman–Crippen MR) is 107 cm³/mol. The number of aryl methyl sites for hydroxylation is 1. The smallest absolute Gasteiger partial charge is 0.287 e. The first-order valence-electron chi connectivity index (χ1n) is 9.60. The summed E-state index contributed by atoms with van der Waals surface area (Å²) in [5.41, 5.74) is 0.986. The highest BCUT2D eigenvalue weighted by molar-refractivity contribution is 7.89. The standard InChI is InChI=1S/C20H25N3O5S/c1-15-7-8-16(29(26,27)23-11-3-2-4-12-23)14-17(15)19(24)21-9-10-22-20(25)18-6-5-13-28-18/h5-8,13-14H,2-4,9-12H2,1H3,(H,21,24)(H,22,25). The lowest BCUT2D eigenvalue weighted by Gasteiger charge is -2.26. The number of hydrogen-bond acceptors (Lipinski definition) is 5. The molecule has 8 nitrogen and oxygen atoms in total. The van der Waals surface area contributed by atoms with E-state index >= 15 is 0 Å². The third-order valence-electron chi connectivity index (χ3n) is 4.85. The molecule has 1 aromatic carbocycles. The third-order valence-corrected chi connectivity index (χ3v) is 6.74. The molecule has 0 atom stereocenters. The first-order chi connectivity index (χ1) is 13.9. The molecule has 1 aliphatic heterocycles. The Kier molecular flexibility index (Phi) is 6.71. The first-order valence-corrected chi connectivity index (χ1v) is 11.0. The minimum Gasteiger partial charge on any atom is -0.459 e. The van der Waals surface area contributed by atoms with Gasteiger partial charge in [0.1, 0.15) is 0 Å². The molecule has 3 rings (SSSR count). The second kappa shape index (κ2) is 9.23. The molecule has 0 aliphatic carbocycles. The molecule has 1 fully saturated rings. The van der Waals surface area contributed by atoms with Crippen molar-refractivity contribution in [3.05, 3.63) is 53.5 Å². The fraction of sp³-hybridized carbons (Fsp3) is 0.400. The van der Waals surface area contributed by atoms with E-state index in [1.165, 1.54) is 16.6 Å². The number of benzene rings is 1. The quantitative estimate of drug-likeness (QED) is 0.667. The largest absolute Gasteiger partial charge is 0.459 e. The Morgan fingerprint density at radius 1 is 1.03 bits per heavy atom. The van der Waals surface area contributed by atoms with Crippen LogP contribution in [0.1, 0.15) is 45.7 Å². The molecule has 1 saturated heterocycles. The van der Waals surface area contributed by atoms with Gasteiger partial charge in [0.2, 0.25) is 10.0 Å². The summed E-state index contributed by atoms with van der Waals surface area (Å²) in [4.78, 5) is 24.5. The summed E-state index contributed by atoms with van der Waals surface area (Å²) >= 11 is 0. The molecule has 0 spiro atoms. The number of hydrogen-bond donors (Lipinski definition) is 2. The Hall–Kier alpha value is -2.65. The monoisotopic (exact) mass is 419 g/mol. The van der Waals surface area contributed by atoms with E-state index in [0.29, 0.717) is 24.2 Å². The molecule has 2 aromatic rings. The zero-order chi connectivity index (χ0) is 20.9. The number of nitrogens with zero attached hydrogens (tertiary/aromatic N) is 1. The van der Waals surface area contributed by atoms with Gasteiger partial charge in [-0.3, -0.25) is 9.59 Å². The Bertz CT molecular complexity index is 964. The molecule has 0 radical (unpaired) electrons. The van der Waals surface area contributed by atoms with Gasteiger partial charge in [0.25, 0.3) is 11.8 Å². The van der Waals surface area contributed by atoms with Crippen molar-refractivity contribution in [1.29, 1.82) is 0 Å². The summed E-state index contributed by atoms with van der Waals surface area (Å²) in [6, 6.07) is 7.77. The summed E-state index contributed by atoms with van der Waals surface area (Å²) in [5, 5.41) is 5.34. The summed E-state index contributed by atoms with van der Waals surface area (Å²) in [6.45, 7) is 3.19. The van der Waals surface area contributed by atoms with Gasteiger partial charge in [-0.1, -0.05) is 12.5 Å². The summed E-state index contributed by atoms with van der Waals surface area (Å²) in [7, 11) is -3.61. The lowest BCUT2D eigenvalue weighted by atomic mass is 10.1. The summed E-state index contributed by atoms with van der Waals surface area (Å²) < 4.78 is 32.2. The maximum absolute atomic E-state index is 12.9. The fourth-order valence-electron chi connectivity index (χ4n) is 3.20. The van der Waals surface area contributed by atoms with Crippen LogP contribution in [0.5, 0.6) is 0 Å². The zero-order valence-corrected chi connectivity index (χ0v) is 17.1. The molecule has 0 saturated carbocycles. The number of furan rings is 1. The van der Waals surface area contributed by atoms with Crippen molar-refractivity contribution in [2.75, 3.05) is 26.2 Å². The van der Waals surface area contributed by atoms with Gasteiger partial charge in [-0.15, -0.1) is 0 Å². The van der Waals surface area contributed by atoms with Gasteiger partial charge in [0.05, 0.1) is 11.2 Å². The molecule has 0 bridgehead atoms. The predicted octanol–water partition coefficient (Wildman–Crippen LogP) is 1.92. The zero-order valence-electron chi connectivity index (χ0n) is 16.3. The molecule has 29 heavy (non-hydrogen) atoms. The number of carbonyl (C=O) groups excluding carboxylic acids is 2. The average molecular weight is 420 g/mol.